The Morgan fingerprint density at radius 2 is 1.78 bits per heavy atom. The van der Waals surface area contributed by atoms with Crippen molar-refractivity contribution in [2.75, 3.05) is 13.1 Å². The molecule has 0 saturated carbocycles. The van der Waals surface area contributed by atoms with Crippen molar-refractivity contribution in [3.8, 4) is 0 Å². The van der Waals surface area contributed by atoms with Gasteiger partial charge in [0.2, 0.25) is 5.91 Å². The average molecular weight is 325 g/mol. The fourth-order valence-corrected chi connectivity index (χ4v) is 3.62. The summed E-state index contributed by atoms with van der Waals surface area (Å²) in [4.78, 5) is 24.8. The monoisotopic (exact) mass is 325 g/mol. The minimum atomic E-state index is -0.908. The molecule has 1 aliphatic rings. The molecule has 1 aliphatic heterocycles. The maximum Gasteiger partial charge on any atom is 0.323 e. The second kappa shape index (κ2) is 11.5. The van der Waals surface area contributed by atoms with Gasteiger partial charge in [-0.2, -0.15) is 0 Å². The van der Waals surface area contributed by atoms with Gasteiger partial charge in [0.1, 0.15) is 6.54 Å². The van der Waals surface area contributed by atoms with E-state index >= 15 is 0 Å². The highest BCUT2D eigenvalue weighted by atomic mass is 16.4. The van der Waals surface area contributed by atoms with Crippen LogP contribution in [0.15, 0.2) is 0 Å². The minimum absolute atomic E-state index is 0.0349. The van der Waals surface area contributed by atoms with E-state index in [1.165, 1.54) is 56.3 Å². The smallest absolute Gasteiger partial charge is 0.323 e. The van der Waals surface area contributed by atoms with Crippen LogP contribution in [0.25, 0.3) is 0 Å². The summed E-state index contributed by atoms with van der Waals surface area (Å²) in [7, 11) is 0. The highest BCUT2D eigenvalue weighted by Crippen LogP contribution is 2.28. The Labute approximate surface area is 141 Å². The Kier molecular flexibility index (Phi) is 9.97. The lowest BCUT2D eigenvalue weighted by Crippen LogP contribution is -2.45. The summed E-state index contributed by atoms with van der Waals surface area (Å²) in [5.74, 6) is -0.438. The predicted octanol–water partition coefficient (Wildman–Crippen LogP) is 4.48. The van der Waals surface area contributed by atoms with Crippen molar-refractivity contribution >= 4 is 11.9 Å². The number of carbonyl (C=O) groups is 2. The van der Waals surface area contributed by atoms with Gasteiger partial charge in [0.15, 0.2) is 0 Å². The van der Waals surface area contributed by atoms with Gasteiger partial charge in [-0.25, -0.2) is 0 Å². The molecule has 1 fully saturated rings. The van der Waals surface area contributed by atoms with Crippen LogP contribution in [0.4, 0.5) is 0 Å². The van der Waals surface area contributed by atoms with E-state index in [0.717, 1.165) is 19.3 Å². The summed E-state index contributed by atoms with van der Waals surface area (Å²) >= 11 is 0. The number of likely N-dealkylation sites (tertiary alicyclic amines) is 1. The van der Waals surface area contributed by atoms with Gasteiger partial charge in [-0.15, -0.1) is 0 Å². The van der Waals surface area contributed by atoms with E-state index in [9.17, 15) is 9.59 Å². The molecule has 0 aliphatic carbocycles. The van der Waals surface area contributed by atoms with Crippen molar-refractivity contribution < 1.29 is 14.7 Å². The van der Waals surface area contributed by atoms with Crippen LogP contribution in [-0.4, -0.2) is 35.0 Å². The summed E-state index contributed by atoms with van der Waals surface area (Å²) in [5.41, 5.74) is 0. The molecule has 0 aromatic heterocycles. The van der Waals surface area contributed by atoms with Gasteiger partial charge in [0.25, 0.3) is 0 Å². The molecule has 2 unspecified atom stereocenters. The van der Waals surface area contributed by atoms with E-state index < -0.39 is 5.97 Å². The maximum atomic E-state index is 12.4. The lowest BCUT2D eigenvalue weighted by molar-refractivity contribution is -0.149. The third kappa shape index (κ3) is 7.85. The number of piperidine rings is 1. The zero-order valence-electron chi connectivity index (χ0n) is 15.1. The van der Waals surface area contributed by atoms with Crippen LogP contribution in [0.5, 0.6) is 0 Å². The highest BCUT2D eigenvalue weighted by molar-refractivity contribution is 5.83. The molecule has 1 N–H and O–H groups in total. The largest absolute Gasteiger partial charge is 0.480 e. The Morgan fingerprint density at radius 3 is 2.39 bits per heavy atom. The van der Waals surface area contributed by atoms with E-state index in [0.29, 0.717) is 12.5 Å². The van der Waals surface area contributed by atoms with E-state index in [1.54, 1.807) is 0 Å². The number of carboxylic acids is 1. The van der Waals surface area contributed by atoms with Gasteiger partial charge in [0.05, 0.1) is 0 Å². The topological polar surface area (TPSA) is 57.6 Å². The van der Waals surface area contributed by atoms with Crippen LogP contribution < -0.4 is 0 Å². The fraction of sp³-hybridized carbons (Fsp3) is 0.895. The van der Waals surface area contributed by atoms with Crippen LogP contribution in [0, 0.1) is 11.8 Å². The summed E-state index contributed by atoms with van der Waals surface area (Å²) in [5, 5.41) is 8.89. The second-order valence-corrected chi connectivity index (χ2v) is 7.14. The van der Waals surface area contributed by atoms with Crippen molar-refractivity contribution in [2.24, 2.45) is 11.8 Å². The second-order valence-electron chi connectivity index (χ2n) is 7.14. The summed E-state index contributed by atoms with van der Waals surface area (Å²) in [6.45, 7) is 4.87. The molecule has 0 spiro atoms. The van der Waals surface area contributed by atoms with E-state index in [4.69, 9.17) is 5.11 Å². The van der Waals surface area contributed by atoms with Crippen molar-refractivity contribution in [3.63, 3.8) is 0 Å². The summed E-state index contributed by atoms with van der Waals surface area (Å²) < 4.78 is 0. The molecule has 23 heavy (non-hydrogen) atoms. The molecule has 1 amide bonds. The number of unbranched alkanes of at least 4 members (excludes halogenated alkanes) is 7. The van der Waals surface area contributed by atoms with Gasteiger partial charge in [-0.3, -0.25) is 9.59 Å². The first kappa shape index (κ1) is 20.0. The van der Waals surface area contributed by atoms with Crippen LogP contribution in [0.1, 0.15) is 84.5 Å². The normalized spacial score (nSPS) is 19.8. The maximum absolute atomic E-state index is 12.4. The molecular formula is C19H35NO3. The number of amides is 1. The minimum Gasteiger partial charge on any atom is -0.480 e. The zero-order chi connectivity index (χ0) is 17.1. The zero-order valence-corrected chi connectivity index (χ0v) is 15.1. The van der Waals surface area contributed by atoms with Crippen molar-refractivity contribution in [3.05, 3.63) is 0 Å². The number of aliphatic carboxylic acids is 1. The van der Waals surface area contributed by atoms with Gasteiger partial charge < -0.3 is 10.0 Å². The number of carboxylic acid groups (broad SMARTS) is 1. The van der Waals surface area contributed by atoms with Gasteiger partial charge in [-0.1, -0.05) is 65.2 Å². The average Bonchev–Trinajstić information content (AvgIpc) is 2.51. The number of hydrogen-bond donors (Lipinski definition) is 1. The van der Waals surface area contributed by atoms with E-state index in [2.05, 4.69) is 13.8 Å². The van der Waals surface area contributed by atoms with Crippen molar-refractivity contribution in [1.29, 1.82) is 0 Å². The quantitative estimate of drug-likeness (QED) is 0.538. The Hall–Kier alpha value is -1.06. The third-order valence-electron chi connectivity index (χ3n) is 5.10. The first-order chi connectivity index (χ1) is 11.1. The first-order valence-electron chi connectivity index (χ1n) is 9.56. The SMILES string of the molecule is CCCCCCCCCCC(C)C1CCCN(CC(=O)O)C1=O. The molecule has 0 aromatic rings. The number of hydrogen-bond acceptors (Lipinski definition) is 2. The highest BCUT2D eigenvalue weighted by Gasteiger charge is 2.32. The molecule has 0 radical (unpaired) electrons. The molecule has 1 saturated heterocycles. The standard InChI is InChI=1S/C19H35NO3/c1-3-4-5-6-7-8-9-10-12-16(2)17-13-11-14-20(19(17)23)15-18(21)22/h16-17H,3-15H2,1-2H3,(H,21,22). The van der Waals surface area contributed by atoms with E-state index in [-0.39, 0.29) is 18.4 Å². The van der Waals surface area contributed by atoms with Crippen LogP contribution in [0.3, 0.4) is 0 Å². The molecule has 1 heterocycles. The van der Waals surface area contributed by atoms with Crippen molar-refractivity contribution in [1.82, 2.24) is 4.90 Å². The molecule has 4 nitrogen and oxygen atoms in total. The van der Waals surface area contributed by atoms with Crippen LogP contribution in [-0.2, 0) is 9.59 Å². The lowest BCUT2D eigenvalue weighted by atomic mass is 9.83. The lowest BCUT2D eigenvalue weighted by Gasteiger charge is -2.34. The molecular weight excluding hydrogens is 290 g/mol. The first-order valence-corrected chi connectivity index (χ1v) is 9.56. The Balaban J connectivity index is 2.19. The van der Waals surface area contributed by atoms with Crippen molar-refractivity contribution in [2.45, 2.75) is 84.5 Å². The molecule has 0 bridgehead atoms. The number of carbonyl (C=O) groups excluding carboxylic acids is 1. The fourth-order valence-electron chi connectivity index (χ4n) is 3.62. The van der Waals surface area contributed by atoms with Gasteiger partial charge in [-0.05, 0) is 25.2 Å². The van der Waals surface area contributed by atoms with Crippen LogP contribution in [0.2, 0.25) is 0 Å². The van der Waals surface area contributed by atoms with E-state index in [1.807, 2.05) is 0 Å². The number of nitrogens with zero attached hydrogens (tertiary/aromatic N) is 1. The Bertz CT molecular complexity index is 357. The molecule has 4 heteroatoms. The molecule has 0 aromatic carbocycles. The Morgan fingerprint density at radius 1 is 1.17 bits per heavy atom. The van der Waals surface area contributed by atoms with Gasteiger partial charge >= 0.3 is 5.97 Å². The number of rotatable bonds is 12. The van der Waals surface area contributed by atoms with Gasteiger partial charge in [0, 0.05) is 12.5 Å². The predicted molar refractivity (Wildman–Crippen MR) is 93.3 cm³/mol. The summed E-state index contributed by atoms with van der Waals surface area (Å²) in [6.07, 6.45) is 13.4. The molecule has 2 atom stereocenters. The van der Waals surface area contributed by atoms with Crippen LogP contribution >= 0.6 is 0 Å². The molecule has 1 rings (SSSR count). The summed E-state index contributed by atoms with van der Waals surface area (Å²) in [6, 6.07) is 0. The third-order valence-corrected chi connectivity index (χ3v) is 5.10. The molecule has 134 valence electrons.